The first-order chi connectivity index (χ1) is 12.8. The number of hydrogen-bond acceptors (Lipinski definition) is 4. The van der Waals surface area contributed by atoms with Gasteiger partial charge in [0.1, 0.15) is 10.8 Å². The maximum Gasteiger partial charge on any atom is 0.434 e. The molecule has 1 heterocycles. The smallest absolute Gasteiger partial charge is 0.434 e. The Labute approximate surface area is 187 Å². The molecule has 1 aromatic carbocycles. The molecule has 0 bridgehead atoms. The molecular weight excluding hydrogens is 528 g/mol. The molecule has 0 saturated carbocycles. The predicted molar refractivity (Wildman–Crippen MR) is 117 cm³/mol. The zero-order valence-corrected chi connectivity index (χ0v) is 19.2. The highest BCUT2D eigenvalue weighted by Gasteiger charge is 2.33. The van der Waals surface area contributed by atoms with Crippen LogP contribution in [0.3, 0.4) is 0 Å². The lowest BCUT2D eigenvalue weighted by atomic mass is 10.1. The fraction of sp³-hybridized carbons (Fsp3) is 0.412. The van der Waals surface area contributed by atoms with Gasteiger partial charge in [-0.15, -0.1) is 35.3 Å². The van der Waals surface area contributed by atoms with Gasteiger partial charge in [0.2, 0.25) is 0 Å². The van der Waals surface area contributed by atoms with Crippen LogP contribution in [0.5, 0.6) is 5.75 Å². The summed E-state index contributed by atoms with van der Waals surface area (Å²) >= 11 is 7.15. The van der Waals surface area contributed by atoms with Crippen LogP contribution in [0, 0.1) is 0 Å². The second-order valence-corrected chi connectivity index (χ2v) is 6.80. The summed E-state index contributed by atoms with van der Waals surface area (Å²) in [5, 5.41) is 8.10. The van der Waals surface area contributed by atoms with Crippen LogP contribution in [-0.4, -0.2) is 31.1 Å². The monoisotopic (exact) mass is 548 g/mol. The van der Waals surface area contributed by atoms with Crippen LogP contribution >= 0.6 is 46.9 Å². The molecule has 0 spiro atoms. The van der Waals surface area contributed by atoms with Crippen molar-refractivity contribution in [2.24, 2.45) is 4.99 Å². The van der Waals surface area contributed by atoms with Crippen molar-refractivity contribution < 1.29 is 17.9 Å². The molecule has 5 nitrogen and oxygen atoms in total. The van der Waals surface area contributed by atoms with Crippen LogP contribution in [0.25, 0.3) is 0 Å². The molecule has 156 valence electrons. The van der Waals surface area contributed by atoms with E-state index in [0.29, 0.717) is 41.2 Å². The Morgan fingerprint density at radius 3 is 2.64 bits per heavy atom. The van der Waals surface area contributed by atoms with Gasteiger partial charge in [-0.1, -0.05) is 17.7 Å². The molecule has 0 radical (unpaired) electrons. The summed E-state index contributed by atoms with van der Waals surface area (Å²) in [4.78, 5) is 7.85. The van der Waals surface area contributed by atoms with E-state index >= 15 is 0 Å². The van der Waals surface area contributed by atoms with Crippen molar-refractivity contribution in [2.45, 2.75) is 26.1 Å². The van der Waals surface area contributed by atoms with E-state index in [1.807, 2.05) is 19.1 Å². The highest BCUT2D eigenvalue weighted by atomic mass is 127. The minimum Gasteiger partial charge on any atom is -0.497 e. The van der Waals surface area contributed by atoms with Gasteiger partial charge in [0.15, 0.2) is 11.7 Å². The van der Waals surface area contributed by atoms with E-state index in [-0.39, 0.29) is 30.5 Å². The van der Waals surface area contributed by atoms with Gasteiger partial charge >= 0.3 is 6.18 Å². The third-order valence-electron chi connectivity index (χ3n) is 3.51. The second-order valence-electron chi connectivity index (χ2n) is 5.45. The van der Waals surface area contributed by atoms with Crippen molar-refractivity contribution in [3.05, 3.63) is 44.9 Å². The zero-order valence-electron chi connectivity index (χ0n) is 15.3. The van der Waals surface area contributed by atoms with Gasteiger partial charge in [-0.3, -0.25) is 0 Å². The third kappa shape index (κ3) is 7.63. The van der Waals surface area contributed by atoms with Crippen molar-refractivity contribution in [2.75, 3.05) is 20.2 Å². The molecule has 0 amide bonds. The number of nitrogens with one attached hydrogen (secondary N) is 2. The second kappa shape index (κ2) is 11.7. The highest BCUT2D eigenvalue weighted by Crippen LogP contribution is 2.30. The molecule has 0 aliphatic heterocycles. The standard InChI is InChI=1S/C17H20ClF3N4OS.HI/c1-3-22-16(24-9-15-25-14(10-27-15)17(19,20)21)23-7-6-11-4-5-12(26-2)8-13(11)18;/h4-5,8,10H,3,6-7,9H2,1-2H3,(H2,22,23,24);1H. The Bertz CT molecular complexity index is 786. The molecule has 0 atom stereocenters. The number of aliphatic imine (C=N–C) groups is 1. The summed E-state index contributed by atoms with van der Waals surface area (Å²) in [6, 6.07) is 5.47. The number of rotatable bonds is 7. The van der Waals surface area contributed by atoms with Crippen LogP contribution in [0.15, 0.2) is 28.6 Å². The molecule has 0 fully saturated rings. The molecule has 28 heavy (non-hydrogen) atoms. The van der Waals surface area contributed by atoms with Crippen molar-refractivity contribution in [1.29, 1.82) is 0 Å². The average molecular weight is 549 g/mol. The normalized spacial score (nSPS) is 11.7. The van der Waals surface area contributed by atoms with Gasteiger partial charge < -0.3 is 15.4 Å². The zero-order chi connectivity index (χ0) is 19.9. The Morgan fingerprint density at radius 2 is 2.07 bits per heavy atom. The number of halogens is 5. The molecule has 2 aromatic rings. The van der Waals surface area contributed by atoms with Crippen LogP contribution in [0.1, 0.15) is 23.2 Å². The lowest BCUT2D eigenvalue weighted by molar-refractivity contribution is -0.140. The van der Waals surface area contributed by atoms with E-state index in [2.05, 4.69) is 20.6 Å². The van der Waals surface area contributed by atoms with Gasteiger partial charge in [-0.2, -0.15) is 13.2 Å². The number of aromatic nitrogens is 1. The van der Waals surface area contributed by atoms with Crippen molar-refractivity contribution >= 4 is 52.9 Å². The fourth-order valence-electron chi connectivity index (χ4n) is 2.18. The number of ether oxygens (including phenoxy) is 1. The molecular formula is C17H21ClF3IN4OS. The van der Waals surface area contributed by atoms with Crippen molar-refractivity contribution in [3.63, 3.8) is 0 Å². The van der Waals surface area contributed by atoms with Crippen LogP contribution < -0.4 is 15.4 Å². The summed E-state index contributed by atoms with van der Waals surface area (Å²) in [6.45, 7) is 3.16. The van der Waals surface area contributed by atoms with Gasteiger partial charge in [-0.05, 0) is 31.0 Å². The maximum atomic E-state index is 12.6. The van der Waals surface area contributed by atoms with Crippen molar-refractivity contribution in [3.8, 4) is 5.75 Å². The first-order valence-corrected chi connectivity index (χ1v) is 9.45. The highest BCUT2D eigenvalue weighted by molar-refractivity contribution is 14.0. The maximum absolute atomic E-state index is 12.6. The first kappa shape index (κ1) is 24.8. The molecule has 2 N–H and O–H groups in total. The molecule has 11 heteroatoms. The van der Waals surface area contributed by atoms with E-state index in [0.717, 1.165) is 22.3 Å². The van der Waals surface area contributed by atoms with Crippen LogP contribution in [0.2, 0.25) is 5.02 Å². The van der Waals surface area contributed by atoms with E-state index in [1.54, 1.807) is 13.2 Å². The first-order valence-electron chi connectivity index (χ1n) is 8.19. The number of hydrogen-bond donors (Lipinski definition) is 2. The van der Waals surface area contributed by atoms with Crippen molar-refractivity contribution in [1.82, 2.24) is 15.6 Å². The van der Waals surface area contributed by atoms with Gasteiger partial charge in [0, 0.05) is 23.5 Å². The number of nitrogens with zero attached hydrogens (tertiary/aromatic N) is 2. The number of guanidine groups is 1. The summed E-state index contributed by atoms with van der Waals surface area (Å²) in [7, 11) is 1.58. The Hall–Kier alpha value is -1.27. The summed E-state index contributed by atoms with van der Waals surface area (Å²) in [6.07, 6.45) is -3.78. The number of methoxy groups -OCH3 is 1. The SMILES string of the molecule is CCNC(=NCc1nc(C(F)(F)F)cs1)NCCc1ccc(OC)cc1Cl.I. The number of benzene rings is 1. The molecule has 0 aliphatic rings. The molecule has 1 aromatic heterocycles. The topological polar surface area (TPSA) is 58.5 Å². The van der Waals surface area contributed by atoms with Crippen LogP contribution in [0.4, 0.5) is 13.2 Å². The molecule has 0 unspecified atom stereocenters. The Balaban J connectivity index is 0.00000392. The van der Waals surface area contributed by atoms with Gasteiger partial charge in [0.25, 0.3) is 0 Å². The summed E-state index contributed by atoms with van der Waals surface area (Å²) < 4.78 is 42.9. The molecule has 0 aliphatic carbocycles. The Kier molecular flexibility index (Phi) is 10.3. The predicted octanol–water partition coefficient (Wildman–Crippen LogP) is 4.74. The van der Waals surface area contributed by atoms with E-state index < -0.39 is 11.9 Å². The third-order valence-corrected chi connectivity index (χ3v) is 4.69. The summed E-state index contributed by atoms with van der Waals surface area (Å²) in [5.41, 5.74) is 0.0698. The lowest BCUT2D eigenvalue weighted by Crippen LogP contribution is -2.38. The number of alkyl halides is 3. The quantitative estimate of drug-likeness (QED) is 0.298. The molecule has 2 rings (SSSR count). The fourth-order valence-corrected chi connectivity index (χ4v) is 3.16. The van der Waals surface area contributed by atoms with E-state index in [1.165, 1.54) is 0 Å². The number of thiazole rings is 1. The van der Waals surface area contributed by atoms with Gasteiger partial charge in [0.05, 0.1) is 13.7 Å². The lowest BCUT2D eigenvalue weighted by Gasteiger charge is -2.12. The van der Waals surface area contributed by atoms with Gasteiger partial charge in [-0.25, -0.2) is 9.98 Å². The Morgan fingerprint density at radius 1 is 1.32 bits per heavy atom. The minimum absolute atomic E-state index is 0. The molecule has 0 saturated heterocycles. The summed E-state index contributed by atoms with van der Waals surface area (Å²) in [5.74, 6) is 1.19. The van der Waals surface area contributed by atoms with E-state index in [4.69, 9.17) is 16.3 Å². The van der Waals surface area contributed by atoms with Crippen LogP contribution in [-0.2, 0) is 19.1 Å². The minimum atomic E-state index is -4.43. The largest absolute Gasteiger partial charge is 0.497 e. The average Bonchev–Trinajstić information content (AvgIpc) is 3.10. The van der Waals surface area contributed by atoms with E-state index in [9.17, 15) is 13.2 Å².